The fourth-order valence-electron chi connectivity index (χ4n) is 2.17. The van der Waals surface area contributed by atoms with Gasteiger partial charge in [-0.3, -0.25) is 0 Å². The summed E-state index contributed by atoms with van der Waals surface area (Å²) in [6.45, 7) is 0. The molecule has 3 rings (SSSR count). The molecule has 0 amide bonds. The van der Waals surface area contributed by atoms with Crippen LogP contribution in [-0.4, -0.2) is 0 Å². The molecule has 106 valence electrons. The first-order valence-corrected chi connectivity index (χ1v) is 6.79. The van der Waals surface area contributed by atoms with Gasteiger partial charge in [0.15, 0.2) is 0 Å². The molecule has 0 radical (unpaired) electrons. The number of hydrogen-bond donors (Lipinski definition) is 0. The third kappa shape index (κ3) is 2.97. The van der Waals surface area contributed by atoms with Crippen LogP contribution in [0.2, 0.25) is 0 Å². The summed E-state index contributed by atoms with van der Waals surface area (Å²) < 4.78 is 19.0. The normalized spacial score (nSPS) is 11.2. The van der Waals surface area contributed by atoms with Gasteiger partial charge in [-0.1, -0.05) is 42.5 Å². The summed E-state index contributed by atoms with van der Waals surface area (Å²) in [5.74, 6) is 0.908. The first-order valence-electron chi connectivity index (χ1n) is 6.79. The Morgan fingerprint density at radius 3 is 2.55 bits per heavy atom. The van der Waals surface area contributed by atoms with E-state index in [9.17, 15) is 9.65 Å². The van der Waals surface area contributed by atoms with Crippen molar-refractivity contribution in [2.75, 3.05) is 0 Å². The summed E-state index contributed by atoms with van der Waals surface area (Å²) in [5, 5.41) is 9.27. The highest BCUT2D eigenvalue weighted by Gasteiger charge is 2.06. The molecule has 0 bridgehead atoms. The van der Waals surface area contributed by atoms with Crippen molar-refractivity contribution in [3.05, 3.63) is 83.9 Å². The number of nitrogens with zero attached hydrogens (tertiary/aromatic N) is 1. The Morgan fingerprint density at radius 2 is 1.82 bits per heavy atom. The van der Waals surface area contributed by atoms with Gasteiger partial charge in [0, 0.05) is 5.56 Å². The number of nitriles is 1. The van der Waals surface area contributed by atoms with Crippen molar-refractivity contribution in [1.29, 1.82) is 5.26 Å². The fourth-order valence-corrected chi connectivity index (χ4v) is 2.17. The smallest absolute Gasteiger partial charge is 0.134 e. The van der Waals surface area contributed by atoms with E-state index in [2.05, 4.69) is 6.07 Å². The van der Waals surface area contributed by atoms with Crippen LogP contribution in [-0.2, 0) is 0 Å². The third-order valence-corrected chi connectivity index (χ3v) is 3.23. The van der Waals surface area contributed by atoms with Crippen LogP contribution in [0.4, 0.5) is 4.39 Å². The highest BCUT2D eigenvalue weighted by atomic mass is 19.1. The first-order chi connectivity index (χ1) is 10.8. The van der Waals surface area contributed by atoms with Crippen LogP contribution >= 0.6 is 0 Å². The van der Waals surface area contributed by atoms with Crippen molar-refractivity contribution in [2.45, 2.75) is 0 Å². The van der Waals surface area contributed by atoms with E-state index in [0.717, 1.165) is 11.3 Å². The van der Waals surface area contributed by atoms with Gasteiger partial charge in [-0.25, -0.2) is 4.39 Å². The summed E-state index contributed by atoms with van der Waals surface area (Å²) in [6.07, 6.45) is 1.61. The van der Waals surface area contributed by atoms with Gasteiger partial charge in [0.2, 0.25) is 0 Å². The molecule has 3 aromatic rings. The van der Waals surface area contributed by atoms with Gasteiger partial charge in [-0.2, -0.15) is 5.26 Å². The summed E-state index contributed by atoms with van der Waals surface area (Å²) in [4.78, 5) is 0. The highest BCUT2D eigenvalue weighted by Crippen LogP contribution is 2.25. The molecule has 0 saturated heterocycles. The standard InChI is InChI=1S/C19H12FNO/c20-17-8-4-7-15(11-17)16(13-21)12-18-9-10-19(22-18)14-5-2-1-3-6-14/h1-12H/b16-12-. The molecule has 0 aliphatic heterocycles. The molecule has 0 aliphatic carbocycles. The van der Waals surface area contributed by atoms with Gasteiger partial charge in [0.05, 0.1) is 11.6 Å². The second kappa shape index (κ2) is 6.11. The molecule has 0 atom stereocenters. The van der Waals surface area contributed by atoms with Crippen molar-refractivity contribution in [3.8, 4) is 17.4 Å². The zero-order valence-corrected chi connectivity index (χ0v) is 11.7. The Hall–Kier alpha value is -3.12. The first kappa shape index (κ1) is 13.8. The lowest BCUT2D eigenvalue weighted by atomic mass is 10.1. The molecule has 0 aliphatic rings. The van der Waals surface area contributed by atoms with Crippen molar-refractivity contribution in [3.63, 3.8) is 0 Å². The van der Waals surface area contributed by atoms with Crippen LogP contribution < -0.4 is 0 Å². The summed E-state index contributed by atoms with van der Waals surface area (Å²) in [6, 6.07) is 21.4. The quantitative estimate of drug-likeness (QED) is 0.625. The van der Waals surface area contributed by atoms with E-state index in [1.54, 1.807) is 24.3 Å². The Bertz CT molecular complexity index is 856. The number of benzene rings is 2. The topological polar surface area (TPSA) is 36.9 Å². The zero-order chi connectivity index (χ0) is 15.4. The monoisotopic (exact) mass is 289 g/mol. The average molecular weight is 289 g/mol. The van der Waals surface area contributed by atoms with Gasteiger partial charge in [-0.05, 0) is 35.9 Å². The Labute approximate surface area is 127 Å². The van der Waals surface area contributed by atoms with Crippen LogP contribution in [0.3, 0.4) is 0 Å². The summed E-state index contributed by atoms with van der Waals surface area (Å²) in [7, 11) is 0. The van der Waals surface area contributed by atoms with Crippen molar-refractivity contribution >= 4 is 11.6 Å². The maximum atomic E-state index is 13.3. The minimum atomic E-state index is -0.372. The van der Waals surface area contributed by atoms with E-state index < -0.39 is 0 Å². The van der Waals surface area contributed by atoms with E-state index in [-0.39, 0.29) is 5.82 Å². The van der Waals surface area contributed by atoms with Gasteiger partial charge >= 0.3 is 0 Å². The van der Waals surface area contributed by atoms with Gasteiger partial charge in [0.1, 0.15) is 17.3 Å². The molecule has 3 heteroatoms. The lowest BCUT2D eigenvalue weighted by Gasteiger charge is -1.99. The maximum absolute atomic E-state index is 13.3. The van der Waals surface area contributed by atoms with Gasteiger partial charge in [-0.15, -0.1) is 0 Å². The molecule has 0 N–H and O–H groups in total. The molecule has 0 saturated carbocycles. The number of furan rings is 1. The van der Waals surface area contributed by atoms with Crippen LogP contribution in [0, 0.1) is 17.1 Å². The molecule has 2 aromatic carbocycles. The third-order valence-electron chi connectivity index (χ3n) is 3.23. The molecule has 1 heterocycles. The van der Waals surface area contributed by atoms with E-state index in [0.29, 0.717) is 16.9 Å². The number of rotatable bonds is 3. The molecular weight excluding hydrogens is 277 g/mol. The Morgan fingerprint density at radius 1 is 1.00 bits per heavy atom. The lowest BCUT2D eigenvalue weighted by Crippen LogP contribution is -1.83. The average Bonchev–Trinajstić information content (AvgIpc) is 3.02. The van der Waals surface area contributed by atoms with Crippen molar-refractivity contribution in [2.24, 2.45) is 0 Å². The lowest BCUT2D eigenvalue weighted by molar-refractivity contribution is 0.572. The number of hydrogen-bond acceptors (Lipinski definition) is 2. The second-order valence-electron chi connectivity index (χ2n) is 4.75. The van der Waals surface area contributed by atoms with Gasteiger partial charge in [0.25, 0.3) is 0 Å². The summed E-state index contributed by atoms with van der Waals surface area (Å²) in [5.41, 5.74) is 1.85. The minimum absolute atomic E-state index is 0.355. The van der Waals surface area contributed by atoms with E-state index in [4.69, 9.17) is 4.42 Å². The van der Waals surface area contributed by atoms with Gasteiger partial charge < -0.3 is 4.42 Å². The number of halogens is 1. The maximum Gasteiger partial charge on any atom is 0.134 e. The number of allylic oxidation sites excluding steroid dienone is 1. The SMILES string of the molecule is N#C/C(=C/c1ccc(-c2ccccc2)o1)c1cccc(F)c1. The molecule has 2 nitrogen and oxygen atoms in total. The van der Waals surface area contributed by atoms with Crippen LogP contribution in [0.5, 0.6) is 0 Å². The van der Waals surface area contributed by atoms with E-state index >= 15 is 0 Å². The van der Waals surface area contributed by atoms with Crippen LogP contribution in [0.1, 0.15) is 11.3 Å². The van der Waals surface area contributed by atoms with Crippen molar-refractivity contribution in [1.82, 2.24) is 0 Å². The minimum Gasteiger partial charge on any atom is -0.457 e. The van der Waals surface area contributed by atoms with E-state index in [1.165, 1.54) is 12.1 Å². The predicted molar refractivity (Wildman–Crippen MR) is 84.0 cm³/mol. The van der Waals surface area contributed by atoms with Crippen LogP contribution in [0.15, 0.2) is 71.1 Å². The Balaban J connectivity index is 1.94. The second-order valence-corrected chi connectivity index (χ2v) is 4.75. The molecule has 1 aromatic heterocycles. The molecule has 22 heavy (non-hydrogen) atoms. The molecule has 0 unspecified atom stereocenters. The highest BCUT2D eigenvalue weighted by molar-refractivity contribution is 5.88. The summed E-state index contributed by atoms with van der Waals surface area (Å²) >= 11 is 0. The predicted octanol–water partition coefficient (Wildman–Crippen LogP) is 5.15. The van der Waals surface area contributed by atoms with E-state index in [1.807, 2.05) is 36.4 Å². The molecular formula is C19H12FNO. The largest absolute Gasteiger partial charge is 0.457 e. The Kier molecular flexibility index (Phi) is 3.84. The molecule has 0 fully saturated rings. The fraction of sp³-hybridized carbons (Fsp3) is 0. The zero-order valence-electron chi connectivity index (χ0n) is 11.7. The van der Waals surface area contributed by atoms with Crippen molar-refractivity contribution < 1.29 is 8.81 Å². The van der Waals surface area contributed by atoms with Crippen LogP contribution in [0.25, 0.3) is 23.0 Å². The molecule has 0 spiro atoms.